The zero-order valence-electron chi connectivity index (χ0n) is 20.4. The maximum absolute atomic E-state index is 11.0. The molecule has 4 rings (SSSR count). The summed E-state index contributed by atoms with van der Waals surface area (Å²) in [5, 5.41) is 8.50. The number of benzene rings is 1. The summed E-state index contributed by atoms with van der Waals surface area (Å²) in [6.07, 6.45) is 4.66. The van der Waals surface area contributed by atoms with Gasteiger partial charge in [-0.3, -0.25) is 10.0 Å². The Hall–Kier alpha value is -3.08. The molecule has 35 heavy (non-hydrogen) atoms. The number of amides is 1. The molecule has 3 heterocycles. The molecule has 10 heteroatoms. The fourth-order valence-corrected chi connectivity index (χ4v) is 4.06. The fraction of sp³-hybridized carbons (Fsp3) is 0.520. The molecular weight excluding hydrogens is 448 g/mol. The van der Waals surface area contributed by atoms with Crippen LogP contribution in [0.25, 0.3) is 22.4 Å². The average Bonchev–Trinajstić information content (AvgIpc) is 3.33. The standard InChI is InChI=1S/C25H34N6O4/c1-18(2)31-17-26-23-22(27-25(28-24(23)31)30-11-14-34-15-12-30)20-9-7-19(8-10-20)16-35-13-5-3-4-6-21(32)29-33/h7-10,17-18,33H,3-6,11-16H2,1-2H3,(H,29,32). The molecule has 0 unspecified atom stereocenters. The van der Waals surface area contributed by atoms with Gasteiger partial charge in [-0.05, 0) is 32.3 Å². The predicted octanol–water partition coefficient (Wildman–Crippen LogP) is 3.49. The number of hydrogen-bond donors (Lipinski definition) is 2. The van der Waals surface area contributed by atoms with Gasteiger partial charge in [0.05, 0.1) is 26.1 Å². The Morgan fingerprint density at radius 2 is 1.91 bits per heavy atom. The number of carbonyl (C=O) groups is 1. The smallest absolute Gasteiger partial charge is 0.243 e. The van der Waals surface area contributed by atoms with Crippen molar-refractivity contribution >= 4 is 23.0 Å². The van der Waals surface area contributed by atoms with E-state index in [0.717, 1.165) is 60.3 Å². The quantitative estimate of drug-likeness (QED) is 0.242. The largest absolute Gasteiger partial charge is 0.378 e. The van der Waals surface area contributed by atoms with E-state index in [1.165, 1.54) is 0 Å². The molecule has 2 aromatic heterocycles. The van der Waals surface area contributed by atoms with E-state index in [4.69, 9.17) is 24.6 Å². The number of hydroxylamine groups is 1. The minimum absolute atomic E-state index is 0.242. The summed E-state index contributed by atoms with van der Waals surface area (Å²) in [5.41, 5.74) is 6.20. The summed E-state index contributed by atoms with van der Waals surface area (Å²) in [7, 11) is 0. The minimum Gasteiger partial charge on any atom is -0.378 e. The average molecular weight is 483 g/mol. The molecule has 0 radical (unpaired) electrons. The van der Waals surface area contributed by atoms with Crippen molar-refractivity contribution < 1.29 is 19.5 Å². The second kappa shape index (κ2) is 12.1. The highest BCUT2D eigenvalue weighted by Gasteiger charge is 2.20. The number of anilines is 1. The molecule has 0 spiro atoms. The van der Waals surface area contributed by atoms with Gasteiger partial charge >= 0.3 is 0 Å². The molecule has 1 fully saturated rings. The molecule has 0 bridgehead atoms. The van der Waals surface area contributed by atoms with E-state index in [1.807, 2.05) is 6.33 Å². The Kier molecular flexibility index (Phi) is 8.62. The Balaban J connectivity index is 1.44. The summed E-state index contributed by atoms with van der Waals surface area (Å²) < 4.78 is 13.4. The van der Waals surface area contributed by atoms with Crippen LogP contribution in [-0.2, 0) is 20.9 Å². The maximum Gasteiger partial charge on any atom is 0.243 e. The van der Waals surface area contributed by atoms with E-state index in [1.54, 1.807) is 5.48 Å². The fourth-order valence-electron chi connectivity index (χ4n) is 4.06. The number of nitrogens with zero attached hydrogens (tertiary/aromatic N) is 5. The number of carbonyl (C=O) groups excluding carboxylic acids is 1. The van der Waals surface area contributed by atoms with Crippen LogP contribution in [-0.4, -0.2) is 63.5 Å². The van der Waals surface area contributed by atoms with Crippen LogP contribution in [0, 0.1) is 0 Å². The summed E-state index contributed by atoms with van der Waals surface area (Å²) in [4.78, 5) is 27.6. The van der Waals surface area contributed by atoms with E-state index in [-0.39, 0.29) is 11.9 Å². The second-order valence-corrected chi connectivity index (χ2v) is 8.98. The molecule has 1 amide bonds. The molecule has 1 aliphatic heterocycles. The van der Waals surface area contributed by atoms with Gasteiger partial charge in [0.15, 0.2) is 5.65 Å². The van der Waals surface area contributed by atoms with Crippen LogP contribution in [0.2, 0.25) is 0 Å². The topological polar surface area (TPSA) is 115 Å². The number of hydrogen-bond acceptors (Lipinski definition) is 8. The van der Waals surface area contributed by atoms with Crippen molar-refractivity contribution in [3.05, 3.63) is 36.2 Å². The van der Waals surface area contributed by atoms with E-state index in [2.05, 4.69) is 52.6 Å². The summed E-state index contributed by atoms with van der Waals surface area (Å²) in [5.74, 6) is 0.363. The van der Waals surface area contributed by atoms with Gasteiger partial charge in [-0.2, -0.15) is 4.98 Å². The first kappa shape index (κ1) is 25.0. The normalized spacial score (nSPS) is 14.1. The molecular formula is C25H34N6O4. The molecule has 1 aromatic carbocycles. The third-order valence-electron chi connectivity index (χ3n) is 6.07. The zero-order valence-corrected chi connectivity index (χ0v) is 20.4. The van der Waals surface area contributed by atoms with Crippen LogP contribution in [0.4, 0.5) is 5.95 Å². The van der Waals surface area contributed by atoms with Crippen molar-refractivity contribution in [1.29, 1.82) is 0 Å². The number of fused-ring (bicyclic) bond motifs is 1. The predicted molar refractivity (Wildman–Crippen MR) is 132 cm³/mol. The van der Waals surface area contributed by atoms with Crippen molar-refractivity contribution in [2.75, 3.05) is 37.8 Å². The summed E-state index contributed by atoms with van der Waals surface area (Å²) in [6, 6.07) is 8.48. The zero-order chi connectivity index (χ0) is 24.6. The maximum atomic E-state index is 11.0. The van der Waals surface area contributed by atoms with Crippen LogP contribution < -0.4 is 10.4 Å². The number of aromatic nitrogens is 4. The number of ether oxygens (including phenoxy) is 2. The van der Waals surface area contributed by atoms with E-state index in [0.29, 0.717) is 38.8 Å². The lowest BCUT2D eigenvalue weighted by Crippen LogP contribution is -2.37. The van der Waals surface area contributed by atoms with Crippen molar-refractivity contribution in [3.8, 4) is 11.3 Å². The van der Waals surface area contributed by atoms with Crippen LogP contribution in [0.3, 0.4) is 0 Å². The Morgan fingerprint density at radius 1 is 1.14 bits per heavy atom. The Bertz CT molecular complexity index is 1110. The Labute approximate surface area is 205 Å². The van der Waals surface area contributed by atoms with Crippen LogP contribution in [0.15, 0.2) is 30.6 Å². The molecule has 0 aliphatic carbocycles. The van der Waals surface area contributed by atoms with Crippen molar-refractivity contribution in [2.45, 2.75) is 52.2 Å². The van der Waals surface area contributed by atoms with Gasteiger partial charge < -0.3 is 18.9 Å². The summed E-state index contributed by atoms with van der Waals surface area (Å²) >= 11 is 0. The van der Waals surface area contributed by atoms with Gasteiger partial charge in [0.25, 0.3) is 0 Å². The van der Waals surface area contributed by atoms with Gasteiger partial charge in [-0.1, -0.05) is 30.7 Å². The van der Waals surface area contributed by atoms with Gasteiger partial charge in [0.2, 0.25) is 11.9 Å². The first-order valence-electron chi connectivity index (χ1n) is 12.2. The first-order valence-corrected chi connectivity index (χ1v) is 12.2. The van der Waals surface area contributed by atoms with Gasteiger partial charge in [0, 0.05) is 37.7 Å². The SMILES string of the molecule is CC(C)n1cnc2c(-c3ccc(COCCCCCC(=O)NO)cc3)nc(N3CCOCC3)nc21. The lowest BCUT2D eigenvalue weighted by atomic mass is 10.1. The third kappa shape index (κ3) is 6.33. The lowest BCUT2D eigenvalue weighted by molar-refractivity contribution is -0.129. The molecule has 2 N–H and O–H groups in total. The third-order valence-corrected chi connectivity index (χ3v) is 6.07. The van der Waals surface area contributed by atoms with E-state index in [9.17, 15) is 4.79 Å². The number of nitrogens with one attached hydrogen (secondary N) is 1. The summed E-state index contributed by atoms with van der Waals surface area (Å²) in [6.45, 7) is 8.29. The highest BCUT2D eigenvalue weighted by atomic mass is 16.5. The van der Waals surface area contributed by atoms with Crippen molar-refractivity contribution in [3.63, 3.8) is 0 Å². The number of unbranched alkanes of at least 4 members (excludes halogenated alkanes) is 2. The number of morpholine rings is 1. The van der Waals surface area contributed by atoms with Crippen LogP contribution in [0.1, 0.15) is 51.1 Å². The first-order chi connectivity index (χ1) is 17.1. The van der Waals surface area contributed by atoms with Crippen LogP contribution >= 0.6 is 0 Å². The van der Waals surface area contributed by atoms with Crippen molar-refractivity contribution in [1.82, 2.24) is 25.0 Å². The van der Waals surface area contributed by atoms with Crippen LogP contribution in [0.5, 0.6) is 0 Å². The molecule has 10 nitrogen and oxygen atoms in total. The molecule has 0 atom stereocenters. The minimum atomic E-state index is -0.347. The van der Waals surface area contributed by atoms with E-state index >= 15 is 0 Å². The lowest BCUT2D eigenvalue weighted by Gasteiger charge is -2.27. The van der Waals surface area contributed by atoms with Gasteiger partial charge in [0.1, 0.15) is 11.2 Å². The second-order valence-electron chi connectivity index (χ2n) is 8.98. The molecule has 1 aliphatic rings. The van der Waals surface area contributed by atoms with Gasteiger partial charge in [-0.15, -0.1) is 0 Å². The molecule has 0 saturated carbocycles. The highest BCUT2D eigenvalue weighted by Crippen LogP contribution is 2.29. The van der Waals surface area contributed by atoms with Gasteiger partial charge in [-0.25, -0.2) is 15.4 Å². The molecule has 1 saturated heterocycles. The number of imidazole rings is 1. The number of rotatable bonds is 11. The molecule has 188 valence electrons. The Morgan fingerprint density at radius 3 is 2.63 bits per heavy atom. The molecule has 3 aromatic rings. The van der Waals surface area contributed by atoms with Crippen molar-refractivity contribution in [2.24, 2.45) is 0 Å². The van der Waals surface area contributed by atoms with E-state index < -0.39 is 0 Å². The highest BCUT2D eigenvalue weighted by molar-refractivity contribution is 5.88. The monoisotopic (exact) mass is 482 g/mol.